The second-order valence-electron chi connectivity index (χ2n) is 2.68. The van der Waals surface area contributed by atoms with Gasteiger partial charge in [0.1, 0.15) is 5.75 Å². The van der Waals surface area contributed by atoms with Crippen molar-refractivity contribution in [2.75, 3.05) is 12.8 Å². The van der Waals surface area contributed by atoms with E-state index in [-0.39, 0.29) is 0 Å². The van der Waals surface area contributed by atoms with Gasteiger partial charge in [-0.15, -0.1) is 24.0 Å². The average Bonchev–Trinajstić information content (AvgIpc) is 2.50. The Balaban J connectivity index is 2.87. The molecule has 0 saturated carbocycles. The Kier molecular flexibility index (Phi) is 2.09. The molecule has 4 heteroatoms. The van der Waals surface area contributed by atoms with E-state index in [1.165, 1.54) is 0 Å². The van der Waals surface area contributed by atoms with E-state index >= 15 is 0 Å². The third-order valence-corrected chi connectivity index (χ3v) is 3.44. The van der Waals surface area contributed by atoms with Crippen molar-refractivity contribution in [3.05, 3.63) is 17.5 Å². The van der Waals surface area contributed by atoms with E-state index in [2.05, 4.69) is 12.6 Å². The van der Waals surface area contributed by atoms with Crippen LogP contribution in [0.3, 0.4) is 0 Å². The SMILES string of the molecule is COc1ccc(N)c2c(S)csc12. The van der Waals surface area contributed by atoms with Crippen LogP contribution in [0.4, 0.5) is 5.69 Å². The molecule has 0 aliphatic carbocycles. The van der Waals surface area contributed by atoms with Crippen molar-refractivity contribution >= 4 is 39.7 Å². The molecule has 1 aromatic carbocycles. The van der Waals surface area contributed by atoms with Crippen molar-refractivity contribution in [2.24, 2.45) is 0 Å². The monoisotopic (exact) mass is 211 g/mol. The highest BCUT2D eigenvalue weighted by Crippen LogP contribution is 2.38. The van der Waals surface area contributed by atoms with Gasteiger partial charge in [0.05, 0.1) is 11.8 Å². The zero-order chi connectivity index (χ0) is 9.42. The van der Waals surface area contributed by atoms with E-state index in [1.54, 1.807) is 18.4 Å². The van der Waals surface area contributed by atoms with Crippen LogP contribution in [0, 0.1) is 0 Å². The van der Waals surface area contributed by atoms with Crippen LogP contribution >= 0.6 is 24.0 Å². The molecule has 2 aromatic rings. The zero-order valence-electron chi connectivity index (χ0n) is 7.07. The summed E-state index contributed by atoms with van der Waals surface area (Å²) in [6.07, 6.45) is 0. The number of anilines is 1. The summed E-state index contributed by atoms with van der Waals surface area (Å²) < 4.78 is 6.28. The summed E-state index contributed by atoms with van der Waals surface area (Å²) in [6.45, 7) is 0. The van der Waals surface area contributed by atoms with Crippen molar-refractivity contribution in [3.8, 4) is 5.75 Å². The number of thiophene rings is 1. The van der Waals surface area contributed by atoms with Crippen LogP contribution < -0.4 is 10.5 Å². The number of benzene rings is 1. The normalized spacial score (nSPS) is 10.6. The minimum Gasteiger partial charge on any atom is -0.495 e. The molecule has 0 atom stereocenters. The van der Waals surface area contributed by atoms with Gasteiger partial charge in [0, 0.05) is 21.3 Å². The highest BCUT2D eigenvalue weighted by molar-refractivity contribution is 7.80. The maximum Gasteiger partial charge on any atom is 0.136 e. The lowest BCUT2D eigenvalue weighted by molar-refractivity contribution is 0.420. The molecule has 0 amide bonds. The summed E-state index contributed by atoms with van der Waals surface area (Å²) in [5, 5.41) is 2.96. The van der Waals surface area contributed by atoms with Gasteiger partial charge < -0.3 is 10.5 Å². The number of nitrogen functional groups attached to an aromatic ring is 1. The maximum absolute atomic E-state index is 5.83. The van der Waals surface area contributed by atoms with E-state index < -0.39 is 0 Å². The van der Waals surface area contributed by atoms with Gasteiger partial charge in [-0.2, -0.15) is 0 Å². The zero-order valence-corrected chi connectivity index (χ0v) is 8.78. The van der Waals surface area contributed by atoms with Crippen molar-refractivity contribution in [3.63, 3.8) is 0 Å². The third-order valence-electron chi connectivity index (χ3n) is 1.92. The van der Waals surface area contributed by atoms with E-state index in [9.17, 15) is 0 Å². The van der Waals surface area contributed by atoms with Crippen LogP contribution in [-0.2, 0) is 0 Å². The van der Waals surface area contributed by atoms with Gasteiger partial charge >= 0.3 is 0 Å². The van der Waals surface area contributed by atoms with E-state index in [1.807, 2.05) is 17.5 Å². The van der Waals surface area contributed by atoms with Crippen LogP contribution in [0.1, 0.15) is 0 Å². The lowest BCUT2D eigenvalue weighted by atomic mass is 10.2. The number of rotatable bonds is 1. The molecule has 0 aliphatic heterocycles. The van der Waals surface area contributed by atoms with Crippen molar-refractivity contribution in [1.29, 1.82) is 0 Å². The summed E-state index contributed by atoms with van der Waals surface area (Å²) >= 11 is 5.93. The number of nitrogens with two attached hydrogens (primary N) is 1. The van der Waals surface area contributed by atoms with Crippen LogP contribution in [0.25, 0.3) is 10.1 Å². The third kappa shape index (κ3) is 1.26. The van der Waals surface area contributed by atoms with E-state index in [0.717, 1.165) is 26.4 Å². The van der Waals surface area contributed by atoms with Crippen LogP contribution in [-0.4, -0.2) is 7.11 Å². The Morgan fingerprint density at radius 2 is 2.23 bits per heavy atom. The predicted octanol–water partition coefficient (Wildman–Crippen LogP) is 2.78. The molecule has 0 saturated heterocycles. The van der Waals surface area contributed by atoms with Crippen molar-refractivity contribution in [1.82, 2.24) is 0 Å². The average molecular weight is 211 g/mol. The predicted molar refractivity (Wildman–Crippen MR) is 60.0 cm³/mol. The Morgan fingerprint density at radius 1 is 1.46 bits per heavy atom. The Hall–Kier alpha value is -0.870. The van der Waals surface area contributed by atoms with Gasteiger partial charge in [-0.25, -0.2) is 0 Å². The smallest absolute Gasteiger partial charge is 0.136 e. The molecular formula is C9H9NOS2. The molecule has 68 valence electrons. The van der Waals surface area contributed by atoms with Gasteiger partial charge in [-0.05, 0) is 12.1 Å². The molecule has 13 heavy (non-hydrogen) atoms. The quantitative estimate of drug-likeness (QED) is 0.562. The molecule has 2 nitrogen and oxygen atoms in total. The molecule has 2 N–H and O–H groups in total. The molecule has 1 aromatic heterocycles. The summed E-state index contributed by atoms with van der Waals surface area (Å²) in [5.74, 6) is 0.856. The minimum atomic E-state index is 0.752. The number of thiol groups is 1. The van der Waals surface area contributed by atoms with Gasteiger partial charge in [0.2, 0.25) is 0 Å². The number of hydrogen-bond acceptors (Lipinski definition) is 4. The second kappa shape index (κ2) is 3.12. The molecule has 0 unspecified atom stereocenters. The molecule has 0 radical (unpaired) electrons. The summed E-state index contributed by atoms with van der Waals surface area (Å²) in [6, 6.07) is 3.72. The first-order chi connectivity index (χ1) is 6.24. The maximum atomic E-state index is 5.83. The summed E-state index contributed by atoms with van der Waals surface area (Å²) in [7, 11) is 1.66. The Bertz CT molecular complexity index is 450. The van der Waals surface area contributed by atoms with Crippen LogP contribution in [0.5, 0.6) is 5.75 Å². The first-order valence-electron chi connectivity index (χ1n) is 3.76. The molecule has 0 spiro atoms. The fraction of sp³-hybridized carbons (Fsp3) is 0.111. The van der Waals surface area contributed by atoms with Gasteiger partial charge in [0.25, 0.3) is 0 Å². The number of methoxy groups -OCH3 is 1. The lowest BCUT2D eigenvalue weighted by Crippen LogP contribution is -1.88. The topological polar surface area (TPSA) is 35.2 Å². The van der Waals surface area contributed by atoms with E-state index in [4.69, 9.17) is 10.5 Å². The Labute approximate surface area is 85.7 Å². The summed E-state index contributed by atoms with van der Waals surface area (Å²) in [4.78, 5) is 0.913. The highest BCUT2D eigenvalue weighted by atomic mass is 32.1. The van der Waals surface area contributed by atoms with Crippen LogP contribution in [0.15, 0.2) is 22.4 Å². The lowest BCUT2D eigenvalue weighted by Gasteiger charge is -2.03. The molecule has 2 rings (SSSR count). The van der Waals surface area contributed by atoms with Gasteiger partial charge in [0.15, 0.2) is 0 Å². The van der Waals surface area contributed by atoms with Crippen LogP contribution in [0.2, 0.25) is 0 Å². The minimum absolute atomic E-state index is 0.752. The molecule has 0 fully saturated rings. The summed E-state index contributed by atoms with van der Waals surface area (Å²) in [5.41, 5.74) is 6.58. The molecule has 1 heterocycles. The molecular weight excluding hydrogens is 202 g/mol. The Morgan fingerprint density at radius 3 is 2.92 bits per heavy atom. The molecule has 0 bridgehead atoms. The first-order valence-corrected chi connectivity index (χ1v) is 5.09. The van der Waals surface area contributed by atoms with Gasteiger partial charge in [-0.3, -0.25) is 0 Å². The number of fused-ring (bicyclic) bond motifs is 1. The number of ether oxygens (including phenoxy) is 1. The second-order valence-corrected chi connectivity index (χ2v) is 4.04. The largest absolute Gasteiger partial charge is 0.495 e. The van der Waals surface area contributed by atoms with Gasteiger partial charge in [-0.1, -0.05) is 0 Å². The molecule has 0 aliphatic rings. The highest BCUT2D eigenvalue weighted by Gasteiger charge is 2.08. The fourth-order valence-electron chi connectivity index (χ4n) is 1.29. The number of hydrogen-bond donors (Lipinski definition) is 2. The fourth-order valence-corrected chi connectivity index (χ4v) is 2.73. The van der Waals surface area contributed by atoms with Crippen molar-refractivity contribution in [2.45, 2.75) is 4.90 Å². The standard InChI is InChI=1S/C9H9NOS2/c1-11-6-3-2-5(10)8-7(12)4-13-9(6)8/h2-4,12H,10H2,1H3. The van der Waals surface area contributed by atoms with Crippen molar-refractivity contribution < 1.29 is 4.74 Å². The first kappa shape index (κ1) is 8.72. The van der Waals surface area contributed by atoms with E-state index in [0.29, 0.717) is 0 Å².